The third-order valence-corrected chi connectivity index (χ3v) is 3.60. The van der Waals surface area contributed by atoms with Crippen molar-refractivity contribution in [1.82, 2.24) is 10.6 Å². The second kappa shape index (κ2) is 8.13. The van der Waals surface area contributed by atoms with E-state index in [4.69, 9.17) is 4.74 Å². The number of carbonyl (C=O) groups excluding carboxylic acids is 4. The number of piperidine rings is 1. The Bertz CT molecular complexity index is 674. The number of nitrogens with one attached hydrogen (secondary N) is 3. The minimum absolute atomic E-state index is 0.186. The lowest BCUT2D eigenvalue weighted by molar-refractivity contribution is -0.134. The normalized spacial score (nSPS) is 16.6. The molecule has 2 rings (SSSR count). The molecule has 0 radical (unpaired) electrons. The Morgan fingerprint density at radius 1 is 1.28 bits per heavy atom. The van der Waals surface area contributed by atoms with E-state index in [9.17, 15) is 19.2 Å². The van der Waals surface area contributed by atoms with E-state index in [2.05, 4.69) is 16.0 Å². The molecule has 1 aromatic carbocycles. The Labute approximate surface area is 144 Å². The van der Waals surface area contributed by atoms with Crippen molar-refractivity contribution in [2.45, 2.75) is 25.8 Å². The predicted octanol–water partition coefficient (Wildman–Crippen LogP) is 1.21. The first kappa shape index (κ1) is 18.2. The summed E-state index contributed by atoms with van der Waals surface area (Å²) >= 11 is 0. The number of urea groups is 1. The average molecular weight is 348 g/mol. The number of anilines is 2. The molecule has 1 fully saturated rings. The topological polar surface area (TPSA) is 117 Å². The van der Waals surface area contributed by atoms with Gasteiger partial charge in [0.2, 0.25) is 11.8 Å². The molecule has 1 aliphatic heterocycles. The molecule has 1 atom stereocenters. The van der Waals surface area contributed by atoms with Gasteiger partial charge in [0, 0.05) is 24.8 Å². The van der Waals surface area contributed by atoms with E-state index in [1.807, 2.05) is 0 Å². The summed E-state index contributed by atoms with van der Waals surface area (Å²) in [4.78, 5) is 47.6. The number of hydrogen-bond acceptors (Lipinski definition) is 5. The number of ether oxygens (including phenoxy) is 1. The number of imide groups is 1. The summed E-state index contributed by atoms with van der Waals surface area (Å²) in [5, 5.41) is 7.27. The minimum atomic E-state index is -0.744. The largest absolute Gasteiger partial charge is 0.449 e. The molecule has 0 spiro atoms. The Kier molecular flexibility index (Phi) is 5.93. The molecule has 0 bridgehead atoms. The zero-order valence-electron chi connectivity index (χ0n) is 14.0. The maximum Gasteiger partial charge on any atom is 0.413 e. The van der Waals surface area contributed by atoms with Crippen molar-refractivity contribution >= 4 is 35.3 Å². The van der Waals surface area contributed by atoms with Gasteiger partial charge in [0.25, 0.3) is 0 Å². The molecule has 1 heterocycles. The Balaban J connectivity index is 1.90. The molecule has 1 aliphatic rings. The summed E-state index contributed by atoms with van der Waals surface area (Å²) in [7, 11) is 1.58. The maximum absolute atomic E-state index is 11.9. The van der Waals surface area contributed by atoms with Crippen LogP contribution in [-0.2, 0) is 14.3 Å². The second-order valence-electron chi connectivity index (χ2n) is 5.41. The zero-order valence-corrected chi connectivity index (χ0v) is 14.0. The first-order valence-electron chi connectivity index (χ1n) is 7.82. The maximum atomic E-state index is 11.9. The van der Waals surface area contributed by atoms with Crippen molar-refractivity contribution in [2.24, 2.45) is 0 Å². The lowest BCUT2D eigenvalue weighted by Gasteiger charge is -2.22. The summed E-state index contributed by atoms with van der Waals surface area (Å²) < 4.78 is 4.90. The number of amides is 5. The van der Waals surface area contributed by atoms with Gasteiger partial charge >= 0.3 is 12.1 Å². The van der Waals surface area contributed by atoms with E-state index in [1.54, 1.807) is 38.2 Å². The highest BCUT2D eigenvalue weighted by atomic mass is 16.6. The lowest BCUT2D eigenvalue weighted by Crippen LogP contribution is -2.53. The van der Waals surface area contributed by atoms with Crippen LogP contribution < -0.4 is 20.9 Å². The summed E-state index contributed by atoms with van der Waals surface area (Å²) in [5.74, 6) is -0.859. The molecular formula is C16H20N4O5. The van der Waals surface area contributed by atoms with E-state index < -0.39 is 24.1 Å². The second-order valence-corrected chi connectivity index (χ2v) is 5.41. The van der Waals surface area contributed by atoms with Crippen molar-refractivity contribution in [2.75, 3.05) is 23.9 Å². The van der Waals surface area contributed by atoms with Crippen molar-refractivity contribution in [3.05, 3.63) is 24.3 Å². The zero-order chi connectivity index (χ0) is 18.4. The van der Waals surface area contributed by atoms with Gasteiger partial charge in [-0.2, -0.15) is 0 Å². The molecule has 9 nitrogen and oxygen atoms in total. The highest BCUT2D eigenvalue weighted by Crippen LogP contribution is 2.17. The van der Waals surface area contributed by atoms with E-state index >= 15 is 0 Å². The molecule has 0 unspecified atom stereocenters. The van der Waals surface area contributed by atoms with Crippen molar-refractivity contribution in [3.63, 3.8) is 0 Å². The van der Waals surface area contributed by atoms with Crippen LogP contribution in [0.1, 0.15) is 19.8 Å². The van der Waals surface area contributed by atoms with Gasteiger partial charge in [-0.3, -0.25) is 19.8 Å². The van der Waals surface area contributed by atoms with Crippen molar-refractivity contribution < 1.29 is 23.9 Å². The van der Waals surface area contributed by atoms with E-state index in [0.29, 0.717) is 11.4 Å². The minimum Gasteiger partial charge on any atom is -0.449 e. The predicted molar refractivity (Wildman–Crippen MR) is 90.2 cm³/mol. The van der Waals surface area contributed by atoms with Crippen LogP contribution in [0.2, 0.25) is 0 Å². The third-order valence-electron chi connectivity index (χ3n) is 3.60. The number of hydrogen-bond donors (Lipinski definition) is 3. The smallest absolute Gasteiger partial charge is 0.413 e. The molecule has 5 amide bonds. The fraction of sp³-hybridized carbons (Fsp3) is 0.375. The summed E-state index contributed by atoms with van der Waals surface area (Å²) in [6.45, 7) is 2.00. The van der Waals surface area contributed by atoms with Gasteiger partial charge in [0.15, 0.2) is 0 Å². The van der Waals surface area contributed by atoms with Gasteiger partial charge in [-0.25, -0.2) is 9.59 Å². The Hall–Kier alpha value is -3.10. The van der Waals surface area contributed by atoms with Gasteiger partial charge in [-0.1, -0.05) is 0 Å². The fourth-order valence-corrected chi connectivity index (χ4v) is 2.25. The summed E-state index contributed by atoms with van der Waals surface area (Å²) in [6, 6.07) is 5.24. The standard InChI is InChI=1S/C16H20N4O5/c1-3-25-16(24)20(2)11-6-4-10(5-7-11)17-15(23)18-12-8-9-13(21)19-14(12)22/h4-7,12H,3,8-9H2,1-2H3,(H2,17,18,23)(H,19,21,22)/t12-/m0/s1. The van der Waals surface area contributed by atoms with Crippen LogP contribution >= 0.6 is 0 Å². The van der Waals surface area contributed by atoms with E-state index in [0.717, 1.165) is 0 Å². The van der Waals surface area contributed by atoms with Crippen LogP contribution in [0, 0.1) is 0 Å². The van der Waals surface area contributed by atoms with Crippen molar-refractivity contribution in [3.8, 4) is 0 Å². The van der Waals surface area contributed by atoms with Gasteiger partial charge in [-0.15, -0.1) is 0 Å². The van der Waals surface area contributed by atoms with Crippen molar-refractivity contribution in [1.29, 1.82) is 0 Å². The molecule has 9 heteroatoms. The third kappa shape index (κ3) is 4.93. The van der Waals surface area contributed by atoms with Crippen LogP contribution in [0.3, 0.4) is 0 Å². The average Bonchev–Trinajstić information content (AvgIpc) is 2.57. The molecule has 1 saturated heterocycles. The van der Waals surface area contributed by atoms with Gasteiger partial charge in [0.1, 0.15) is 6.04 Å². The van der Waals surface area contributed by atoms with Crippen LogP contribution in [0.25, 0.3) is 0 Å². The quantitative estimate of drug-likeness (QED) is 0.707. The lowest BCUT2D eigenvalue weighted by atomic mass is 10.1. The molecule has 0 aromatic heterocycles. The molecule has 134 valence electrons. The molecule has 0 aliphatic carbocycles. The van der Waals surface area contributed by atoms with Crippen LogP contribution in [0.5, 0.6) is 0 Å². The molecule has 3 N–H and O–H groups in total. The Morgan fingerprint density at radius 2 is 1.96 bits per heavy atom. The summed E-state index contributed by atoms with van der Waals surface area (Å²) in [5.41, 5.74) is 1.10. The van der Waals surface area contributed by atoms with Crippen LogP contribution in [0.4, 0.5) is 21.0 Å². The molecule has 25 heavy (non-hydrogen) atoms. The fourth-order valence-electron chi connectivity index (χ4n) is 2.25. The van der Waals surface area contributed by atoms with Crippen LogP contribution in [-0.4, -0.2) is 43.6 Å². The number of nitrogens with zero attached hydrogens (tertiary/aromatic N) is 1. The van der Waals surface area contributed by atoms with E-state index in [1.165, 1.54) is 4.90 Å². The number of benzene rings is 1. The SMILES string of the molecule is CCOC(=O)N(C)c1ccc(NC(=O)N[C@H]2CCC(=O)NC2=O)cc1. The molecular weight excluding hydrogens is 328 g/mol. The highest BCUT2D eigenvalue weighted by molar-refractivity contribution is 6.02. The van der Waals surface area contributed by atoms with Gasteiger partial charge in [0.05, 0.1) is 6.61 Å². The number of rotatable bonds is 4. The van der Waals surface area contributed by atoms with Gasteiger partial charge < -0.3 is 15.4 Å². The molecule has 0 saturated carbocycles. The van der Waals surface area contributed by atoms with Gasteiger partial charge in [-0.05, 0) is 37.6 Å². The highest BCUT2D eigenvalue weighted by Gasteiger charge is 2.27. The summed E-state index contributed by atoms with van der Waals surface area (Å²) in [6.07, 6.45) is -0.0220. The Morgan fingerprint density at radius 3 is 2.56 bits per heavy atom. The van der Waals surface area contributed by atoms with E-state index in [-0.39, 0.29) is 25.4 Å². The molecule has 1 aromatic rings. The first-order chi connectivity index (χ1) is 11.9. The number of carbonyl (C=O) groups is 4. The first-order valence-corrected chi connectivity index (χ1v) is 7.82. The monoisotopic (exact) mass is 348 g/mol. The van der Waals surface area contributed by atoms with Crippen LogP contribution in [0.15, 0.2) is 24.3 Å².